The van der Waals surface area contributed by atoms with Gasteiger partial charge in [-0.25, -0.2) is 0 Å². The molecule has 0 spiro atoms. The third-order valence-electron chi connectivity index (χ3n) is 0.614. The van der Waals surface area contributed by atoms with Crippen LogP contribution in [0.2, 0.25) is 0 Å². The van der Waals surface area contributed by atoms with E-state index in [1.165, 1.54) is 0 Å². The van der Waals surface area contributed by atoms with Gasteiger partial charge < -0.3 is 5.43 Å². The van der Waals surface area contributed by atoms with Crippen LogP contribution >= 0.6 is 11.6 Å². The van der Waals surface area contributed by atoms with Crippen molar-refractivity contribution in [1.82, 2.24) is 5.43 Å². The van der Waals surface area contributed by atoms with Gasteiger partial charge in [-0.1, -0.05) is 0 Å². The summed E-state index contributed by atoms with van der Waals surface area (Å²) in [6.07, 6.45) is 1.68. The van der Waals surface area contributed by atoms with Gasteiger partial charge in [-0.3, -0.25) is 0 Å². The number of rotatable bonds is 0. The highest BCUT2D eigenvalue weighted by Gasteiger charge is 2.02. The van der Waals surface area contributed by atoms with Crippen LogP contribution in [-0.4, -0.2) is 18.1 Å². The second kappa shape index (κ2) is 1.47. The lowest BCUT2D eigenvalue weighted by atomic mass is 10.5. The molecule has 1 N–H and O–H groups in total. The third kappa shape index (κ3) is 0.627. The van der Waals surface area contributed by atoms with Gasteiger partial charge in [-0.15, -0.1) is 11.6 Å². The first-order chi connectivity index (χ1) is 2.89. The van der Waals surface area contributed by atoms with Gasteiger partial charge >= 0.3 is 0 Å². The Morgan fingerprint density at radius 3 is 3.00 bits per heavy atom. The van der Waals surface area contributed by atoms with Crippen LogP contribution in [-0.2, 0) is 0 Å². The topological polar surface area (TPSA) is 24.4 Å². The predicted molar refractivity (Wildman–Crippen MR) is 26.1 cm³/mol. The summed E-state index contributed by atoms with van der Waals surface area (Å²) in [6, 6.07) is 0. The van der Waals surface area contributed by atoms with E-state index in [0.717, 1.165) is 6.54 Å². The smallest absolute Gasteiger partial charge is 0.0894 e. The van der Waals surface area contributed by atoms with Gasteiger partial charge in [0.15, 0.2) is 0 Å². The Morgan fingerprint density at radius 2 is 2.83 bits per heavy atom. The molecule has 1 atom stereocenters. The minimum Gasteiger partial charge on any atom is -0.308 e. The summed E-state index contributed by atoms with van der Waals surface area (Å²) in [5, 5.41) is 3.77. The molecule has 0 aromatic rings. The molecule has 1 heterocycles. The molecule has 1 unspecified atom stereocenters. The van der Waals surface area contributed by atoms with Crippen molar-refractivity contribution in [3.63, 3.8) is 0 Å². The highest BCUT2D eigenvalue weighted by atomic mass is 35.5. The number of nitrogens with one attached hydrogen (secondary N) is 1. The van der Waals surface area contributed by atoms with E-state index in [1.807, 2.05) is 0 Å². The maximum absolute atomic E-state index is 5.50. The predicted octanol–water partition coefficient (Wildman–Crippen LogP) is 0.183. The molecule has 1 aliphatic rings. The Morgan fingerprint density at radius 1 is 2.00 bits per heavy atom. The Hall–Kier alpha value is -0.240. The largest absolute Gasteiger partial charge is 0.308 e. The van der Waals surface area contributed by atoms with Crippen molar-refractivity contribution in [2.75, 3.05) is 6.54 Å². The van der Waals surface area contributed by atoms with Crippen molar-refractivity contribution in [3.8, 4) is 0 Å². The van der Waals surface area contributed by atoms with Crippen molar-refractivity contribution in [2.45, 2.75) is 5.38 Å². The number of alkyl halides is 1. The van der Waals surface area contributed by atoms with Crippen molar-refractivity contribution in [2.24, 2.45) is 5.10 Å². The fraction of sp³-hybridized carbons (Fsp3) is 0.667. The van der Waals surface area contributed by atoms with E-state index >= 15 is 0 Å². The summed E-state index contributed by atoms with van der Waals surface area (Å²) in [5.41, 5.74) is 2.71. The monoisotopic (exact) mass is 104 g/mol. The molecule has 6 heavy (non-hydrogen) atoms. The molecule has 0 aromatic carbocycles. The second-order valence-electron chi connectivity index (χ2n) is 1.16. The summed E-state index contributed by atoms with van der Waals surface area (Å²) in [6.45, 7) is 0.779. The molecule has 0 radical (unpaired) electrons. The van der Waals surface area contributed by atoms with Crippen LogP contribution in [0.3, 0.4) is 0 Å². The quantitative estimate of drug-likeness (QED) is 0.436. The fourth-order valence-electron chi connectivity index (χ4n) is 0.326. The number of hydrazone groups is 1. The molecule has 1 rings (SSSR count). The van der Waals surface area contributed by atoms with Crippen molar-refractivity contribution in [1.29, 1.82) is 0 Å². The summed E-state index contributed by atoms with van der Waals surface area (Å²) in [4.78, 5) is 0. The summed E-state index contributed by atoms with van der Waals surface area (Å²) in [5.74, 6) is 0. The summed E-state index contributed by atoms with van der Waals surface area (Å²) < 4.78 is 0. The molecule has 1 aliphatic heterocycles. The van der Waals surface area contributed by atoms with E-state index in [-0.39, 0.29) is 5.38 Å². The highest BCUT2D eigenvalue weighted by molar-refractivity contribution is 6.28. The van der Waals surface area contributed by atoms with Crippen molar-refractivity contribution >= 4 is 17.8 Å². The maximum atomic E-state index is 5.50. The molecular formula is C3H5ClN2. The van der Waals surface area contributed by atoms with Crippen LogP contribution in [0.25, 0.3) is 0 Å². The molecule has 0 saturated heterocycles. The van der Waals surface area contributed by atoms with E-state index in [4.69, 9.17) is 11.6 Å². The number of halogens is 1. The normalized spacial score (nSPS) is 30.5. The van der Waals surface area contributed by atoms with Crippen molar-refractivity contribution in [3.05, 3.63) is 0 Å². The molecule has 0 amide bonds. The molecule has 0 saturated carbocycles. The van der Waals surface area contributed by atoms with Crippen LogP contribution < -0.4 is 5.43 Å². The Bertz CT molecular complexity index is 71.2. The molecule has 0 fully saturated rings. The number of hydrogen-bond donors (Lipinski definition) is 1. The van der Waals surface area contributed by atoms with Gasteiger partial charge in [-0.05, 0) is 0 Å². The average molecular weight is 105 g/mol. The zero-order valence-electron chi connectivity index (χ0n) is 3.19. The summed E-state index contributed by atoms with van der Waals surface area (Å²) in [7, 11) is 0. The molecule has 3 heteroatoms. The first-order valence-electron chi connectivity index (χ1n) is 1.80. The van der Waals surface area contributed by atoms with E-state index < -0.39 is 0 Å². The zero-order chi connectivity index (χ0) is 4.41. The molecular weight excluding hydrogens is 99.5 g/mol. The van der Waals surface area contributed by atoms with Gasteiger partial charge in [0.05, 0.1) is 11.9 Å². The van der Waals surface area contributed by atoms with Gasteiger partial charge in [-0.2, -0.15) is 5.10 Å². The third-order valence-corrected chi connectivity index (χ3v) is 0.881. The second-order valence-corrected chi connectivity index (χ2v) is 1.72. The van der Waals surface area contributed by atoms with Gasteiger partial charge in [0.1, 0.15) is 0 Å². The molecule has 0 aliphatic carbocycles. The maximum Gasteiger partial charge on any atom is 0.0894 e. The minimum absolute atomic E-state index is 0.116. The number of hydrogen-bond acceptors (Lipinski definition) is 2. The molecule has 0 bridgehead atoms. The Kier molecular flexibility index (Phi) is 0.965. The number of nitrogens with zero attached hydrogens (tertiary/aromatic N) is 1. The zero-order valence-corrected chi connectivity index (χ0v) is 3.94. The highest BCUT2D eigenvalue weighted by Crippen LogP contribution is 1.92. The van der Waals surface area contributed by atoms with Crippen LogP contribution in [0.5, 0.6) is 0 Å². The van der Waals surface area contributed by atoms with Crippen LogP contribution in [0.4, 0.5) is 0 Å². The Balaban J connectivity index is 2.38. The minimum atomic E-state index is 0.116. The lowest BCUT2D eigenvalue weighted by Crippen LogP contribution is -2.08. The fourth-order valence-corrected chi connectivity index (χ4v) is 0.452. The van der Waals surface area contributed by atoms with Gasteiger partial charge in [0.25, 0.3) is 0 Å². The summed E-state index contributed by atoms with van der Waals surface area (Å²) >= 11 is 5.50. The molecule has 2 nitrogen and oxygen atoms in total. The Labute approximate surface area is 41.2 Å². The van der Waals surface area contributed by atoms with E-state index in [0.29, 0.717) is 0 Å². The SMILES string of the molecule is ClC1C=NNC1. The van der Waals surface area contributed by atoms with E-state index in [2.05, 4.69) is 10.5 Å². The lowest BCUT2D eigenvalue weighted by Gasteiger charge is -1.85. The average Bonchev–Trinajstić information content (AvgIpc) is 1.86. The van der Waals surface area contributed by atoms with Gasteiger partial charge in [0, 0.05) is 6.21 Å². The van der Waals surface area contributed by atoms with Crippen LogP contribution in [0.1, 0.15) is 0 Å². The van der Waals surface area contributed by atoms with Gasteiger partial charge in [0.2, 0.25) is 0 Å². The molecule has 34 valence electrons. The van der Waals surface area contributed by atoms with E-state index in [1.54, 1.807) is 6.21 Å². The standard InChI is InChI=1S/C3H5ClN2/c4-3-1-5-6-2-3/h1,3,6H,2H2. The first-order valence-corrected chi connectivity index (χ1v) is 2.23. The van der Waals surface area contributed by atoms with Crippen LogP contribution in [0.15, 0.2) is 5.10 Å². The molecule has 0 aromatic heterocycles. The lowest BCUT2D eigenvalue weighted by molar-refractivity contribution is 0.816. The van der Waals surface area contributed by atoms with Crippen molar-refractivity contribution < 1.29 is 0 Å². The van der Waals surface area contributed by atoms with E-state index in [9.17, 15) is 0 Å². The first kappa shape index (κ1) is 3.93. The van der Waals surface area contributed by atoms with Crippen LogP contribution in [0, 0.1) is 0 Å².